The number of methoxy groups -OCH3 is 1. The minimum absolute atomic E-state index is 0.109. The van der Waals surface area contributed by atoms with Gasteiger partial charge in [0.25, 0.3) is 0 Å². The first-order valence-electron chi connectivity index (χ1n) is 16.2. The number of halogens is 2. The molecule has 6 rings (SSSR count). The summed E-state index contributed by atoms with van der Waals surface area (Å²) in [6, 6.07) is 23.7. The van der Waals surface area contributed by atoms with Crippen LogP contribution in [-0.2, 0) is 24.4 Å². The predicted octanol–water partition coefficient (Wildman–Crippen LogP) is 4.01. The standard InChI is InChI=1S/C37H37F2NO10S/c1-48-37-35(44)34(43)33(42)31(49-37)20-51(46,47)50-30-19-23(21-5-3-2-4-6-21)9-16-27(30)32-28(17-18-29(41)22-7-10-24(38)11-8-22)36(45)40(32)26-14-12-25(39)13-15-26/h2-16,19,28-29,31-35,37,41-44H,17-18,20H2,1H3. The van der Waals surface area contributed by atoms with E-state index in [4.69, 9.17) is 13.7 Å². The maximum absolute atomic E-state index is 13.9. The van der Waals surface area contributed by atoms with Gasteiger partial charge in [0.05, 0.1) is 18.1 Å². The first-order chi connectivity index (χ1) is 24.4. The molecule has 0 saturated carbocycles. The summed E-state index contributed by atoms with van der Waals surface area (Å²) >= 11 is 0. The first kappa shape index (κ1) is 36.5. The van der Waals surface area contributed by atoms with E-state index >= 15 is 0 Å². The summed E-state index contributed by atoms with van der Waals surface area (Å²) in [7, 11) is -3.44. The van der Waals surface area contributed by atoms with Crippen molar-refractivity contribution < 1.29 is 56.1 Å². The van der Waals surface area contributed by atoms with Crippen molar-refractivity contribution in [3.8, 4) is 16.9 Å². The number of aliphatic hydroxyl groups is 4. The number of anilines is 1. The van der Waals surface area contributed by atoms with Crippen molar-refractivity contribution in [2.24, 2.45) is 5.92 Å². The normalized spacial score (nSPS) is 25.7. The molecule has 270 valence electrons. The molecule has 2 aliphatic heterocycles. The highest BCUT2D eigenvalue weighted by atomic mass is 32.2. The number of aliphatic hydroxyl groups excluding tert-OH is 4. The maximum Gasteiger partial charge on any atom is 0.311 e. The van der Waals surface area contributed by atoms with Crippen molar-refractivity contribution in [3.63, 3.8) is 0 Å². The minimum Gasteiger partial charge on any atom is -0.388 e. The monoisotopic (exact) mass is 725 g/mol. The summed E-state index contributed by atoms with van der Waals surface area (Å²) in [4.78, 5) is 15.2. The van der Waals surface area contributed by atoms with E-state index in [-0.39, 0.29) is 24.5 Å². The van der Waals surface area contributed by atoms with Gasteiger partial charge in [0.2, 0.25) is 5.91 Å². The van der Waals surface area contributed by atoms with Gasteiger partial charge in [0.1, 0.15) is 47.6 Å². The van der Waals surface area contributed by atoms with Gasteiger partial charge in [-0.25, -0.2) is 8.78 Å². The Bertz CT molecular complexity index is 1930. The summed E-state index contributed by atoms with van der Waals surface area (Å²) in [6.45, 7) is 0. The summed E-state index contributed by atoms with van der Waals surface area (Å²) in [5.41, 5.74) is 2.41. The van der Waals surface area contributed by atoms with Crippen LogP contribution in [0.5, 0.6) is 5.75 Å². The lowest BCUT2D eigenvalue weighted by atomic mass is 9.77. The van der Waals surface area contributed by atoms with Gasteiger partial charge in [-0.3, -0.25) is 4.79 Å². The number of benzene rings is 4. The molecule has 8 atom stereocenters. The van der Waals surface area contributed by atoms with Crippen LogP contribution in [0.15, 0.2) is 97.1 Å². The quantitative estimate of drug-likeness (QED) is 0.124. The Labute approximate surface area is 293 Å². The number of β-lactam (4-membered cyclic amide) rings is 1. The molecule has 2 fully saturated rings. The van der Waals surface area contributed by atoms with E-state index in [1.807, 2.05) is 18.2 Å². The van der Waals surface area contributed by atoms with Crippen LogP contribution in [0.3, 0.4) is 0 Å². The minimum atomic E-state index is -4.62. The smallest absolute Gasteiger partial charge is 0.311 e. The molecule has 0 radical (unpaired) electrons. The third-order valence-corrected chi connectivity index (χ3v) is 10.4. The van der Waals surface area contributed by atoms with Crippen LogP contribution in [0, 0.1) is 17.6 Å². The molecule has 4 aromatic carbocycles. The zero-order chi connectivity index (χ0) is 36.4. The van der Waals surface area contributed by atoms with E-state index in [0.717, 1.165) is 5.56 Å². The first-order valence-corrected chi connectivity index (χ1v) is 17.8. The van der Waals surface area contributed by atoms with Crippen LogP contribution < -0.4 is 9.08 Å². The van der Waals surface area contributed by atoms with Crippen LogP contribution in [-0.4, -0.2) is 78.3 Å². The van der Waals surface area contributed by atoms with Gasteiger partial charge < -0.3 is 39.0 Å². The van der Waals surface area contributed by atoms with Crippen molar-refractivity contribution in [1.29, 1.82) is 0 Å². The summed E-state index contributed by atoms with van der Waals surface area (Å²) in [6.07, 6.45) is -8.93. The van der Waals surface area contributed by atoms with Crippen LogP contribution >= 0.6 is 0 Å². The second kappa shape index (κ2) is 15.1. The van der Waals surface area contributed by atoms with Crippen LogP contribution in [0.4, 0.5) is 14.5 Å². The average molecular weight is 726 g/mol. The van der Waals surface area contributed by atoms with E-state index in [2.05, 4.69) is 0 Å². The van der Waals surface area contributed by atoms with Crippen LogP contribution in [0.2, 0.25) is 0 Å². The SMILES string of the molecule is COC1OC(CS(=O)(=O)Oc2cc(-c3ccccc3)ccc2C2C(CCC(O)c3ccc(F)cc3)C(=O)N2c2ccc(F)cc2)C(O)C(O)C1O. The van der Waals surface area contributed by atoms with Gasteiger partial charge in [-0.1, -0.05) is 54.6 Å². The average Bonchev–Trinajstić information content (AvgIpc) is 3.12. The van der Waals surface area contributed by atoms with E-state index in [9.17, 15) is 42.4 Å². The molecule has 11 nitrogen and oxygen atoms in total. The largest absolute Gasteiger partial charge is 0.388 e. The highest BCUT2D eigenvalue weighted by molar-refractivity contribution is 7.87. The zero-order valence-electron chi connectivity index (χ0n) is 27.3. The van der Waals surface area contributed by atoms with Gasteiger partial charge in [0.15, 0.2) is 6.29 Å². The number of hydrogen-bond donors (Lipinski definition) is 4. The highest BCUT2D eigenvalue weighted by Crippen LogP contribution is 2.49. The molecule has 0 aromatic heterocycles. The van der Waals surface area contributed by atoms with E-state index in [1.165, 1.54) is 66.6 Å². The molecule has 0 bridgehead atoms. The van der Waals surface area contributed by atoms with Crippen molar-refractivity contribution in [3.05, 3.63) is 120 Å². The lowest BCUT2D eigenvalue weighted by Crippen LogP contribution is -2.59. The third-order valence-electron chi connectivity index (χ3n) is 9.25. The Balaban J connectivity index is 1.36. The van der Waals surface area contributed by atoms with Gasteiger partial charge in [-0.05, 0) is 72.0 Å². The lowest BCUT2D eigenvalue weighted by Gasteiger charge is -2.48. The fraction of sp³-hybridized carbons (Fsp3) is 0.324. The Kier molecular flexibility index (Phi) is 10.8. The molecule has 2 aliphatic rings. The summed E-state index contributed by atoms with van der Waals surface area (Å²) in [5, 5.41) is 41.9. The predicted molar refractivity (Wildman–Crippen MR) is 181 cm³/mol. The van der Waals surface area contributed by atoms with Gasteiger partial charge >= 0.3 is 10.1 Å². The van der Waals surface area contributed by atoms with Gasteiger partial charge in [-0.15, -0.1) is 0 Å². The Morgan fingerprint density at radius 2 is 1.49 bits per heavy atom. The highest BCUT2D eigenvalue weighted by Gasteiger charge is 2.50. The molecule has 4 N–H and O–H groups in total. The second-order valence-corrected chi connectivity index (χ2v) is 14.2. The molecule has 1 amide bonds. The number of amides is 1. The van der Waals surface area contributed by atoms with Crippen LogP contribution in [0.25, 0.3) is 11.1 Å². The molecule has 2 saturated heterocycles. The van der Waals surface area contributed by atoms with Crippen molar-refractivity contribution in [2.45, 2.75) is 55.7 Å². The van der Waals surface area contributed by atoms with E-state index in [1.54, 1.807) is 24.3 Å². The van der Waals surface area contributed by atoms with E-state index in [0.29, 0.717) is 22.4 Å². The molecule has 14 heteroatoms. The summed E-state index contributed by atoms with van der Waals surface area (Å²) in [5.74, 6) is -3.19. The number of carbonyl (C=O) groups is 1. The second-order valence-electron chi connectivity index (χ2n) is 12.6. The lowest BCUT2D eigenvalue weighted by molar-refractivity contribution is -0.285. The fourth-order valence-corrected chi connectivity index (χ4v) is 7.71. The number of rotatable bonds is 12. The molecule has 0 aliphatic carbocycles. The number of carbonyl (C=O) groups excluding carboxylic acids is 1. The Morgan fingerprint density at radius 1 is 0.843 bits per heavy atom. The van der Waals surface area contributed by atoms with Gasteiger partial charge in [-0.2, -0.15) is 8.42 Å². The number of hydrogen-bond acceptors (Lipinski definition) is 10. The van der Waals surface area contributed by atoms with Gasteiger partial charge in [0, 0.05) is 18.4 Å². The summed E-state index contributed by atoms with van der Waals surface area (Å²) < 4.78 is 71.0. The molecule has 4 aromatic rings. The van der Waals surface area contributed by atoms with Crippen molar-refractivity contribution in [1.82, 2.24) is 0 Å². The molecule has 51 heavy (non-hydrogen) atoms. The molecule has 8 unspecified atom stereocenters. The maximum atomic E-state index is 13.9. The Morgan fingerprint density at radius 3 is 2.14 bits per heavy atom. The van der Waals surface area contributed by atoms with E-state index < -0.39 is 76.3 Å². The van der Waals surface area contributed by atoms with Crippen molar-refractivity contribution >= 4 is 21.7 Å². The third kappa shape index (κ3) is 7.82. The molecular formula is C37H37F2NO10S. The fourth-order valence-electron chi connectivity index (χ4n) is 6.55. The van der Waals surface area contributed by atoms with Crippen molar-refractivity contribution in [2.75, 3.05) is 17.8 Å². The number of ether oxygens (including phenoxy) is 2. The molecular weight excluding hydrogens is 688 g/mol. The number of nitrogens with zero attached hydrogens (tertiary/aromatic N) is 1. The topological polar surface area (TPSA) is 163 Å². The molecule has 2 heterocycles. The zero-order valence-corrected chi connectivity index (χ0v) is 28.1. The Hall–Kier alpha value is -4.28. The van der Waals surface area contributed by atoms with Crippen LogP contribution in [0.1, 0.15) is 36.1 Å². The molecule has 0 spiro atoms.